The Morgan fingerprint density at radius 2 is 2.00 bits per heavy atom. The quantitative estimate of drug-likeness (QED) is 0.870. The van der Waals surface area contributed by atoms with Gasteiger partial charge in [0, 0.05) is 24.8 Å². The molecule has 0 aliphatic carbocycles. The van der Waals surface area contributed by atoms with Gasteiger partial charge in [0.1, 0.15) is 5.82 Å². The lowest BCUT2D eigenvalue weighted by molar-refractivity contribution is 0.333. The zero-order valence-corrected chi connectivity index (χ0v) is 11.9. The number of nitrogens with zero attached hydrogens (tertiary/aromatic N) is 1. The Hall–Kier alpha value is -1.09. The maximum absolute atomic E-state index is 13.3. The second-order valence-corrected chi connectivity index (χ2v) is 5.92. The van der Waals surface area contributed by atoms with Crippen molar-refractivity contribution in [1.82, 2.24) is 0 Å². The highest BCUT2D eigenvalue weighted by Gasteiger charge is 2.22. The zero-order valence-electron chi connectivity index (χ0n) is 11.9. The monoisotopic (exact) mass is 252 g/mol. The summed E-state index contributed by atoms with van der Waals surface area (Å²) in [6.07, 6.45) is 0.994. The number of halogens is 1. The van der Waals surface area contributed by atoms with Crippen LogP contribution in [0.2, 0.25) is 0 Å². The fourth-order valence-electron chi connectivity index (χ4n) is 2.33. The Morgan fingerprint density at radius 3 is 2.44 bits per heavy atom. The molecule has 0 saturated heterocycles. The Bertz CT molecular complexity index is 371. The molecule has 0 aromatic heterocycles. The van der Waals surface area contributed by atoms with E-state index in [1.807, 2.05) is 6.07 Å². The number of hydrogen-bond acceptors (Lipinski definition) is 2. The average Bonchev–Trinajstić information content (AvgIpc) is 2.27. The Morgan fingerprint density at radius 1 is 1.33 bits per heavy atom. The molecule has 1 rings (SSSR count). The molecule has 3 heteroatoms. The van der Waals surface area contributed by atoms with E-state index in [0.29, 0.717) is 6.54 Å². The van der Waals surface area contributed by atoms with Crippen LogP contribution in [0.15, 0.2) is 24.3 Å². The molecule has 0 bridgehead atoms. The fourth-order valence-corrected chi connectivity index (χ4v) is 2.33. The number of hydrogen-bond donors (Lipinski definition) is 1. The molecule has 0 radical (unpaired) electrons. The van der Waals surface area contributed by atoms with E-state index in [2.05, 4.69) is 32.6 Å². The Labute approximate surface area is 110 Å². The van der Waals surface area contributed by atoms with E-state index in [9.17, 15) is 4.39 Å². The van der Waals surface area contributed by atoms with Crippen LogP contribution in [0.3, 0.4) is 0 Å². The van der Waals surface area contributed by atoms with Crippen molar-refractivity contribution in [3.05, 3.63) is 30.1 Å². The van der Waals surface area contributed by atoms with E-state index >= 15 is 0 Å². The molecule has 0 aliphatic heterocycles. The minimum absolute atomic E-state index is 0.197. The first kappa shape index (κ1) is 15.0. The molecule has 18 heavy (non-hydrogen) atoms. The van der Waals surface area contributed by atoms with Crippen LogP contribution < -0.4 is 10.6 Å². The molecule has 0 amide bonds. The highest BCUT2D eigenvalue weighted by Crippen LogP contribution is 2.26. The summed E-state index contributed by atoms with van der Waals surface area (Å²) in [6.45, 7) is 10.1. The molecule has 0 saturated carbocycles. The van der Waals surface area contributed by atoms with Gasteiger partial charge in [-0.2, -0.15) is 0 Å². The van der Waals surface area contributed by atoms with Crippen molar-refractivity contribution in [2.24, 2.45) is 11.1 Å². The topological polar surface area (TPSA) is 29.3 Å². The molecule has 2 N–H and O–H groups in total. The predicted octanol–water partition coefficient (Wildman–Crippen LogP) is 3.42. The standard InChI is InChI=1S/C15H25FN2/c1-5-18(13-8-6-7-12(16)9-13)14(11-17)10-15(2,3)4/h6-9,14H,5,10-11,17H2,1-4H3. The highest BCUT2D eigenvalue weighted by molar-refractivity contribution is 5.47. The summed E-state index contributed by atoms with van der Waals surface area (Å²) < 4.78 is 13.3. The van der Waals surface area contributed by atoms with Gasteiger partial charge in [0.15, 0.2) is 0 Å². The molecule has 1 aromatic rings. The minimum Gasteiger partial charge on any atom is -0.367 e. The molecule has 1 aromatic carbocycles. The lowest BCUT2D eigenvalue weighted by Crippen LogP contribution is -2.43. The van der Waals surface area contributed by atoms with Gasteiger partial charge < -0.3 is 10.6 Å². The van der Waals surface area contributed by atoms with Crippen LogP contribution in [0.1, 0.15) is 34.1 Å². The maximum Gasteiger partial charge on any atom is 0.125 e. The van der Waals surface area contributed by atoms with Crippen molar-refractivity contribution in [2.45, 2.75) is 40.2 Å². The van der Waals surface area contributed by atoms with Crippen molar-refractivity contribution >= 4 is 5.69 Å². The maximum atomic E-state index is 13.3. The number of nitrogens with two attached hydrogens (primary N) is 1. The smallest absolute Gasteiger partial charge is 0.125 e. The SMILES string of the molecule is CCN(c1cccc(F)c1)C(CN)CC(C)(C)C. The Balaban J connectivity index is 2.93. The molecule has 1 atom stereocenters. The van der Waals surface area contributed by atoms with Crippen LogP contribution >= 0.6 is 0 Å². The van der Waals surface area contributed by atoms with Crippen molar-refractivity contribution in [3.63, 3.8) is 0 Å². The van der Waals surface area contributed by atoms with Gasteiger partial charge >= 0.3 is 0 Å². The third kappa shape index (κ3) is 4.30. The molecule has 0 aliphatic rings. The van der Waals surface area contributed by atoms with Gasteiger partial charge in [-0.05, 0) is 37.0 Å². The van der Waals surface area contributed by atoms with Gasteiger partial charge in [-0.1, -0.05) is 26.8 Å². The van der Waals surface area contributed by atoms with Gasteiger partial charge in [0.05, 0.1) is 0 Å². The first-order valence-electron chi connectivity index (χ1n) is 6.59. The van der Waals surface area contributed by atoms with Gasteiger partial charge in [-0.25, -0.2) is 4.39 Å². The van der Waals surface area contributed by atoms with E-state index in [1.54, 1.807) is 12.1 Å². The molecular weight excluding hydrogens is 227 g/mol. The lowest BCUT2D eigenvalue weighted by atomic mass is 9.87. The van der Waals surface area contributed by atoms with Gasteiger partial charge in [-0.15, -0.1) is 0 Å². The van der Waals surface area contributed by atoms with E-state index in [1.165, 1.54) is 6.07 Å². The van der Waals surface area contributed by atoms with Crippen LogP contribution in [0.4, 0.5) is 10.1 Å². The largest absolute Gasteiger partial charge is 0.367 e. The first-order chi connectivity index (χ1) is 8.37. The summed E-state index contributed by atoms with van der Waals surface area (Å²) in [4.78, 5) is 2.19. The van der Waals surface area contributed by atoms with Crippen LogP contribution in [-0.4, -0.2) is 19.1 Å². The normalized spacial score (nSPS) is 13.4. The molecule has 2 nitrogen and oxygen atoms in total. The van der Waals surface area contributed by atoms with Crippen LogP contribution in [-0.2, 0) is 0 Å². The molecule has 0 heterocycles. The number of likely N-dealkylation sites (N-methyl/N-ethyl adjacent to an activating group) is 1. The summed E-state index contributed by atoms with van der Waals surface area (Å²) in [5, 5.41) is 0. The number of benzene rings is 1. The van der Waals surface area contributed by atoms with Crippen molar-refractivity contribution in [3.8, 4) is 0 Å². The van der Waals surface area contributed by atoms with Crippen molar-refractivity contribution < 1.29 is 4.39 Å². The number of rotatable bonds is 5. The van der Waals surface area contributed by atoms with Gasteiger partial charge in [-0.3, -0.25) is 0 Å². The van der Waals surface area contributed by atoms with Gasteiger partial charge in [0.2, 0.25) is 0 Å². The number of anilines is 1. The summed E-state index contributed by atoms with van der Waals surface area (Å²) in [5.41, 5.74) is 7.02. The lowest BCUT2D eigenvalue weighted by Gasteiger charge is -2.36. The fraction of sp³-hybridized carbons (Fsp3) is 0.600. The second-order valence-electron chi connectivity index (χ2n) is 5.92. The molecule has 102 valence electrons. The zero-order chi connectivity index (χ0) is 13.8. The third-order valence-electron chi connectivity index (χ3n) is 3.04. The van der Waals surface area contributed by atoms with Crippen LogP contribution in [0, 0.1) is 11.2 Å². The van der Waals surface area contributed by atoms with E-state index < -0.39 is 0 Å². The van der Waals surface area contributed by atoms with E-state index in [-0.39, 0.29) is 17.3 Å². The van der Waals surface area contributed by atoms with Crippen molar-refractivity contribution in [2.75, 3.05) is 18.0 Å². The Kier molecular flexibility index (Phi) is 5.15. The molecule has 0 fully saturated rings. The molecular formula is C15H25FN2. The van der Waals surface area contributed by atoms with Crippen LogP contribution in [0.25, 0.3) is 0 Å². The average molecular weight is 252 g/mol. The van der Waals surface area contributed by atoms with Gasteiger partial charge in [0.25, 0.3) is 0 Å². The van der Waals surface area contributed by atoms with E-state index in [4.69, 9.17) is 5.73 Å². The minimum atomic E-state index is -0.197. The summed E-state index contributed by atoms with van der Waals surface area (Å²) >= 11 is 0. The summed E-state index contributed by atoms with van der Waals surface area (Å²) in [7, 11) is 0. The molecule has 0 spiro atoms. The predicted molar refractivity (Wildman–Crippen MR) is 76.3 cm³/mol. The van der Waals surface area contributed by atoms with E-state index in [0.717, 1.165) is 18.7 Å². The van der Waals surface area contributed by atoms with Crippen molar-refractivity contribution in [1.29, 1.82) is 0 Å². The second kappa shape index (κ2) is 6.19. The highest BCUT2D eigenvalue weighted by atomic mass is 19.1. The first-order valence-corrected chi connectivity index (χ1v) is 6.59. The summed E-state index contributed by atoms with van der Waals surface area (Å²) in [5.74, 6) is -0.197. The third-order valence-corrected chi connectivity index (χ3v) is 3.04. The molecule has 1 unspecified atom stereocenters. The van der Waals surface area contributed by atoms with Crippen LogP contribution in [0.5, 0.6) is 0 Å². The summed E-state index contributed by atoms with van der Waals surface area (Å²) in [6, 6.07) is 6.99.